The summed E-state index contributed by atoms with van der Waals surface area (Å²) < 4.78 is 17.2. The second kappa shape index (κ2) is 9.28. The fourth-order valence-corrected chi connectivity index (χ4v) is 5.11. The number of hydrogen-bond acceptors (Lipinski definition) is 8. The third kappa shape index (κ3) is 4.82. The fraction of sp³-hybridized carbons (Fsp3) is 0.407. The molecular formula is C27H30N6O4. The molecule has 2 fully saturated rings. The first-order valence-corrected chi connectivity index (χ1v) is 12.5. The minimum absolute atomic E-state index is 0.0508. The van der Waals surface area contributed by atoms with E-state index in [1.165, 1.54) is 0 Å². The highest BCUT2D eigenvalue weighted by Crippen LogP contribution is 2.40. The molecule has 0 radical (unpaired) electrons. The second-order valence-electron chi connectivity index (χ2n) is 10.1. The van der Waals surface area contributed by atoms with Crippen molar-refractivity contribution in [3.05, 3.63) is 54.5 Å². The predicted molar refractivity (Wildman–Crippen MR) is 139 cm³/mol. The molecule has 10 nitrogen and oxygen atoms in total. The van der Waals surface area contributed by atoms with Crippen molar-refractivity contribution in [2.45, 2.75) is 45.1 Å². The van der Waals surface area contributed by atoms with Gasteiger partial charge in [0.1, 0.15) is 12.7 Å². The van der Waals surface area contributed by atoms with Crippen LogP contribution in [0.15, 0.2) is 48.8 Å². The van der Waals surface area contributed by atoms with E-state index in [0.717, 1.165) is 42.1 Å². The number of urea groups is 1. The van der Waals surface area contributed by atoms with Crippen molar-refractivity contribution in [3.8, 4) is 17.1 Å². The van der Waals surface area contributed by atoms with Crippen LogP contribution in [0.25, 0.3) is 11.3 Å². The molecule has 192 valence electrons. The summed E-state index contributed by atoms with van der Waals surface area (Å²) in [6.45, 7) is 8.17. The molecule has 6 rings (SSSR count). The summed E-state index contributed by atoms with van der Waals surface area (Å²) in [6, 6.07) is 11.3. The SMILES string of the molecule is Cc1cc(-c2ccc3c(n2)N(C(=O)Nc2ccnc(OCC4COC(C)(C)O4)c2)[C@H]2CCN3C2)ccn1. The van der Waals surface area contributed by atoms with E-state index >= 15 is 0 Å². The lowest BCUT2D eigenvalue weighted by Gasteiger charge is -2.36. The Balaban J connectivity index is 1.21. The van der Waals surface area contributed by atoms with E-state index in [1.54, 1.807) is 29.4 Å². The number of ether oxygens (including phenoxy) is 3. The fourth-order valence-electron chi connectivity index (χ4n) is 5.11. The van der Waals surface area contributed by atoms with Crippen LogP contribution < -0.4 is 19.9 Å². The predicted octanol–water partition coefficient (Wildman–Crippen LogP) is 4.01. The summed E-state index contributed by atoms with van der Waals surface area (Å²) >= 11 is 0. The molecule has 6 heterocycles. The maximum atomic E-state index is 13.6. The third-order valence-corrected chi connectivity index (χ3v) is 6.83. The van der Waals surface area contributed by atoms with E-state index in [0.29, 0.717) is 30.6 Å². The smallest absolute Gasteiger partial charge is 0.327 e. The van der Waals surface area contributed by atoms with E-state index in [4.69, 9.17) is 19.2 Å². The first-order valence-electron chi connectivity index (χ1n) is 12.5. The molecule has 1 N–H and O–H groups in total. The Kier molecular flexibility index (Phi) is 5.92. The van der Waals surface area contributed by atoms with Crippen LogP contribution in [-0.2, 0) is 9.47 Å². The number of carbonyl (C=O) groups is 1. The molecule has 2 amide bonds. The molecule has 1 unspecified atom stereocenters. The summed E-state index contributed by atoms with van der Waals surface area (Å²) in [7, 11) is 0. The summed E-state index contributed by atoms with van der Waals surface area (Å²) in [6.07, 6.45) is 4.11. The van der Waals surface area contributed by atoms with Gasteiger partial charge in [-0.3, -0.25) is 9.88 Å². The molecule has 0 aromatic carbocycles. The first kappa shape index (κ1) is 23.6. The third-order valence-electron chi connectivity index (χ3n) is 6.83. The highest BCUT2D eigenvalue weighted by atomic mass is 16.7. The molecule has 3 aliphatic heterocycles. The summed E-state index contributed by atoms with van der Waals surface area (Å²) in [4.78, 5) is 31.2. The Bertz CT molecular complexity index is 1330. The average Bonchev–Trinajstić information content (AvgIpc) is 3.46. The number of aromatic nitrogens is 3. The zero-order valence-corrected chi connectivity index (χ0v) is 21.2. The highest BCUT2D eigenvalue weighted by molar-refractivity contribution is 6.04. The lowest BCUT2D eigenvalue weighted by atomic mass is 10.1. The molecule has 37 heavy (non-hydrogen) atoms. The van der Waals surface area contributed by atoms with Crippen LogP contribution in [0, 0.1) is 6.92 Å². The van der Waals surface area contributed by atoms with Gasteiger partial charge in [0.15, 0.2) is 11.6 Å². The van der Waals surface area contributed by atoms with Gasteiger partial charge < -0.3 is 24.4 Å². The molecule has 3 aliphatic rings. The maximum absolute atomic E-state index is 13.6. The minimum atomic E-state index is -0.609. The van der Waals surface area contributed by atoms with Gasteiger partial charge in [0.05, 0.1) is 24.0 Å². The number of nitrogens with zero attached hydrogens (tertiary/aromatic N) is 5. The Hall–Kier alpha value is -3.76. The Morgan fingerprint density at radius 3 is 2.86 bits per heavy atom. The normalized spacial score (nSPS) is 21.6. The molecule has 3 aromatic rings. The van der Waals surface area contributed by atoms with Gasteiger partial charge in [0.25, 0.3) is 0 Å². The van der Waals surface area contributed by atoms with Crippen LogP contribution in [-0.4, -0.2) is 65.2 Å². The number of pyridine rings is 3. The highest BCUT2D eigenvalue weighted by Gasteiger charge is 2.40. The average molecular weight is 503 g/mol. The molecule has 0 saturated carbocycles. The topological polar surface area (TPSA) is 102 Å². The van der Waals surface area contributed by atoms with Crippen molar-refractivity contribution >= 4 is 23.2 Å². The van der Waals surface area contributed by atoms with E-state index < -0.39 is 5.79 Å². The summed E-state index contributed by atoms with van der Waals surface area (Å²) in [5, 5.41) is 3.03. The summed E-state index contributed by atoms with van der Waals surface area (Å²) in [5.41, 5.74) is 4.27. The number of carbonyl (C=O) groups excluding carboxylic acids is 1. The number of nitrogens with one attached hydrogen (secondary N) is 1. The largest absolute Gasteiger partial charge is 0.475 e. The van der Waals surface area contributed by atoms with E-state index in [1.807, 2.05) is 39.0 Å². The number of fused-ring (bicyclic) bond motifs is 4. The van der Waals surface area contributed by atoms with Crippen LogP contribution in [0.2, 0.25) is 0 Å². The number of rotatable bonds is 5. The van der Waals surface area contributed by atoms with Crippen LogP contribution in [0.5, 0.6) is 5.88 Å². The first-order chi connectivity index (χ1) is 17.8. The van der Waals surface area contributed by atoms with Gasteiger partial charge >= 0.3 is 6.03 Å². The van der Waals surface area contributed by atoms with Crippen molar-refractivity contribution < 1.29 is 19.0 Å². The molecular weight excluding hydrogens is 472 g/mol. The zero-order valence-electron chi connectivity index (χ0n) is 21.2. The number of hydrogen-bond donors (Lipinski definition) is 1. The Labute approximate surface area is 215 Å². The van der Waals surface area contributed by atoms with Crippen LogP contribution in [0.4, 0.5) is 22.0 Å². The Morgan fingerprint density at radius 1 is 1.19 bits per heavy atom. The molecule has 2 saturated heterocycles. The quantitative estimate of drug-likeness (QED) is 0.559. The monoisotopic (exact) mass is 502 g/mol. The number of anilines is 3. The molecule has 0 spiro atoms. The van der Waals surface area contributed by atoms with Crippen molar-refractivity contribution in [2.24, 2.45) is 0 Å². The van der Waals surface area contributed by atoms with E-state index in [2.05, 4.69) is 26.3 Å². The van der Waals surface area contributed by atoms with Gasteiger partial charge in [-0.15, -0.1) is 0 Å². The van der Waals surface area contributed by atoms with Crippen LogP contribution in [0.3, 0.4) is 0 Å². The number of amides is 2. The van der Waals surface area contributed by atoms with Crippen molar-refractivity contribution in [2.75, 3.05) is 41.4 Å². The molecule has 3 aromatic heterocycles. The zero-order chi connectivity index (χ0) is 25.6. The van der Waals surface area contributed by atoms with Gasteiger partial charge in [-0.25, -0.2) is 14.8 Å². The lowest BCUT2D eigenvalue weighted by Crippen LogP contribution is -2.48. The second-order valence-corrected chi connectivity index (χ2v) is 10.1. The maximum Gasteiger partial charge on any atom is 0.327 e. The molecule has 10 heteroatoms. The van der Waals surface area contributed by atoms with Gasteiger partial charge in [-0.2, -0.15) is 0 Å². The van der Waals surface area contributed by atoms with Gasteiger partial charge in [0, 0.05) is 48.5 Å². The van der Waals surface area contributed by atoms with E-state index in [-0.39, 0.29) is 18.2 Å². The molecule has 0 aliphatic carbocycles. The minimum Gasteiger partial charge on any atom is -0.475 e. The summed E-state index contributed by atoms with van der Waals surface area (Å²) in [5.74, 6) is 0.470. The van der Waals surface area contributed by atoms with E-state index in [9.17, 15) is 4.79 Å². The van der Waals surface area contributed by atoms with Crippen LogP contribution in [0.1, 0.15) is 26.0 Å². The van der Waals surface area contributed by atoms with Gasteiger partial charge in [-0.05, 0) is 57.5 Å². The van der Waals surface area contributed by atoms with Crippen molar-refractivity contribution in [1.82, 2.24) is 15.0 Å². The molecule has 2 bridgehead atoms. The molecule has 2 atom stereocenters. The van der Waals surface area contributed by atoms with Crippen LogP contribution >= 0.6 is 0 Å². The van der Waals surface area contributed by atoms with Gasteiger partial charge in [-0.1, -0.05) is 0 Å². The van der Waals surface area contributed by atoms with Gasteiger partial charge in [0.2, 0.25) is 5.88 Å². The standard InChI is InChI=1S/C27H30N6O4/c1-17-12-18(6-9-28-17)22-4-5-23-25(31-22)33(20-8-11-32(23)14-20)26(34)30-19-7-10-29-24(13-19)35-15-21-16-36-27(2,3)37-21/h4-7,9-10,12-13,20-21H,8,11,14-16H2,1-3H3,(H,29,30,34)/t20-,21?/m0/s1. The number of aryl methyl sites for hydroxylation is 1. The lowest BCUT2D eigenvalue weighted by molar-refractivity contribution is -0.141. The van der Waals surface area contributed by atoms with Crippen molar-refractivity contribution in [1.29, 1.82) is 0 Å². The Morgan fingerprint density at radius 2 is 2.05 bits per heavy atom. The van der Waals surface area contributed by atoms with Crippen molar-refractivity contribution in [3.63, 3.8) is 0 Å².